The first-order chi connectivity index (χ1) is 11.4. The van der Waals surface area contributed by atoms with Gasteiger partial charge in [0, 0.05) is 18.4 Å². The van der Waals surface area contributed by atoms with Crippen molar-refractivity contribution in [1.29, 1.82) is 0 Å². The standard InChI is InChI=1S/C16H19N3O4S/c1-16(9-10-24(21,22)11-16)18-13(20)7-8-14-17-15(19-23-14)12-5-3-2-4-6-12/h2-6H,7-11H2,1H3,(H,18,20)/t16-/m1/s1. The van der Waals surface area contributed by atoms with E-state index in [1.54, 1.807) is 6.92 Å². The summed E-state index contributed by atoms with van der Waals surface area (Å²) >= 11 is 0. The molecule has 0 bridgehead atoms. The van der Waals surface area contributed by atoms with Gasteiger partial charge in [-0.25, -0.2) is 8.42 Å². The minimum absolute atomic E-state index is 0.00947. The molecule has 2 aromatic rings. The second kappa shape index (κ2) is 6.35. The lowest BCUT2D eigenvalue weighted by atomic mass is 10.0. The smallest absolute Gasteiger partial charge is 0.227 e. The SMILES string of the molecule is C[C@@]1(NC(=O)CCc2nc(-c3ccccc3)no2)CCS(=O)(=O)C1. The molecule has 1 amide bonds. The number of carbonyl (C=O) groups excluding carboxylic acids is 1. The monoisotopic (exact) mass is 349 g/mol. The van der Waals surface area contributed by atoms with Gasteiger partial charge in [0.2, 0.25) is 17.6 Å². The highest BCUT2D eigenvalue weighted by molar-refractivity contribution is 7.91. The third-order valence-electron chi connectivity index (χ3n) is 4.01. The van der Waals surface area contributed by atoms with E-state index in [0.717, 1.165) is 5.56 Å². The van der Waals surface area contributed by atoms with Crippen LogP contribution in [0.1, 0.15) is 25.7 Å². The number of aromatic nitrogens is 2. The van der Waals surface area contributed by atoms with Crippen LogP contribution in [-0.2, 0) is 21.1 Å². The van der Waals surface area contributed by atoms with E-state index in [0.29, 0.717) is 24.6 Å². The lowest BCUT2D eigenvalue weighted by Crippen LogP contribution is -2.47. The maximum Gasteiger partial charge on any atom is 0.227 e. The van der Waals surface area contributed by atoms with Gasteiger partial charge in [0.15, 0.2) is 9.84 Å². The molecule has 0 saturated carbocycles. The second-order valence-corrected chi connectivity index (χ2v) is 8.51. The van der Waals surface area contributed by atoms with Crippen molar-refractivity contribution in [3.63, 3.8) is 0 Å². The molecule has 1 aromatic carbocycles. The molecule has 0 unspecified atom stereocenters. The molecule has 0 radical (unpaired) electrons. The number of benzene rings is 1. The molecule has 2 heterocycles. The Hall–Kier alpha value is -2.22. The highest BCUT2D eigenvalue weighted by Gasteiger charge is 2.39. The van der Waals surface area contributed by atoms with Gasteiger partial charge in [0.05, 0.1) is 17.0 Å². The first-order valence-electron chi connectivity index (χ1n) is 7.75. The normalized spacial score (nSPS) is 22.4. The molecule has 1 N–H and O–H groups in total. The summed E-state index contributed by atoms with van der Waals surface area (Å²) in [5.41, 5.74) is 0.167. The van der Waals surface area contributed by atoms with Crippen LogP contribution in [0.15, 0.2) is 34.9 Å². The molecule has 8 heteroatoms. The van der Waals surface area contributed by atoms with E-state index < -0.39 is 15.4 Å². The first-order valence-corrected chi connectivity index (χ1v) is 9.57. The zero-order valence-corrected chi connectivity index (χ0v) is 14.2. The Bertz CT molecular complexity index is 832. The van der Waals surface area contributed by atoms with Crippen molar-refractivity contribution in [2.75, 3.05) is 11.5 Å². The quantitative estimate of drug-likeness (QED) is 0.874. The summed E-state index contributed by atoms with van der Waals surface area (Å²) in [5, 5.41) is 6.71. The van der Waals surface area contributed by atoms with Crippen LogP contribution in [0.4, 0.5) is 0 Å². The number of nitrogens with zero attached hydrogens (tertiary/aromatic N) is 2. The van der Waals surface area contributed by atoms with Crippen LogP contribution in [0.3, 0.4) is 0 Å². The van der Waals surface area contributed by atoms with Gasteiger partial charge >= 0.3 is 0 Å². The lowest BCUT2D eigenvalue weighted by molar-refractivity contribution is -0.122. The predicted molar refractivity (Wildman–Crippen MR) is 87.9 cm³/mol. The molecule has 1 aliphatic rings. The molecule has 128 valence electrons. The van der Waals surface area contributed by atoms with Crippen molar-refractivity contribution in [3.05, 3.63) is 36.2 Å². The second-order valence-electron chi connectivity index (χ2n) is 6.33. The van der Waals surface area contributed by atoms with Crippen LogP contribution in [0, 0.1) is 0 Å². The van der Waals surface area contributed by atoms with Crippen molar-refractivity contribution in [3.8, 4) is 11.4 Å². The van der Waals surface area contributed by atoms with E-state index in [-0.39, 0.29) is 23.8 Å². The minimum atomic E-state index is -3.05. The van der Waals surface area contributed by atoms with E-state index in [1.807, 2.05) is 30.3 Å². The predicted octanol–water partition coefficient (Wildman–Crippen LogP) is 1.36. The fourth-order valence-electron chi connectivity index (χ4n) is 2.79. The molecule has 24 heavy (non-hydrogen) atoms. The fraction of sp³-hybridized carbons (Fsp3) is 0.438. The Morgan fingerprint density at radius 3 is 2.75 bits per heavy atom. The molecule has 1 fully saturated rings. The Kier molecular flexibility index (Phi) is 4.40. The summed E-state index contributed by atoms with van der Waals surface area (Å²) in [7, 11) is -3.05. The molecule has 3 rings (SSSR count). The van der Waals surface area contributed by atoms with Crippen molar-refractivity contribution in [2.45, 2.75) is 31.7 Å². The number of hydrogen-bond donors (Lipinski definition) is 1. The van der Waals surface area contributed by atoms with Crippen molar-refractivity contribution >= 4 is 15.7 Å². The van der Waals surface area contributed by atoms with Gasteiger partial charge < -0.3 is 9.84 Å². The summed E-state index contributed by atoms with van der Waals surface area (Å²) in [4.78, 5) is 16.3. The number of hydrogen-bond acceptors (Lipinski definition) is 6. The molecule has 1 atom stereocenters. The van der Waals surface area contributed by atoms with E-state index in [2.05, 4.69) is 15.5 Å². The molecule has 1 aliphatic heterocycles. The lowest BCUT2D eigenvalue weighted by Gasteiger charge is -2.23. The van der Waals surface area contributed by atoms with Crippen LogP contribution >= 0.6 is 0 Å². The topological polar surface area (TPSA) is 102 Å². The number of nitrogens with one attached hydrogen (secondary N) is 1. The zero-order chi connectivity index (χ0) is 17.2. The number of carbonyl (C=O) groups is 1. The van der Waals surface area contributed by atoms with Crippen LogP contribution in [0.5, 0.6) is 0 Å². The summed E-state index contributed by atoms with van der Waals surface area (Å²) in [6.07, 6.45) is 0.931. The van der Waals surface area contributed by atoms with Gasteiger partial charge in [-0.15, -0.1) is 0 Å². The Balaban J connectivity index is 1.55. The van der Waals surface area contributed by atoms with Crippen molar-refractivity contribution in [2.24, 2.45) is 0 Å². The highest BCUT2D eigenvalue weighted by Crippen LogP contribution is 2.23. The van der Waals surface area contributed by atoms with E-state index in [1.165, 1.54) is 0 Å². The largest absolute Gasteiger partial charge is 0.350 e. The van der Waals surface area contributed by atoms with Gasteiger partial charge in [-0.3, -0.25) is 4.79 Å². The average Bonchev–Trinajstić information content (AvgIpc) is 3.10. The fourth-order valence-corrected chi connectivity index (χ4v) is 4.88. The molecule has 1 aromatic heterocycles. The Labute approximate surface area is 140 Å². The van der Waals surface area contributed by atoms with Gasteiger partial charge in [0.1, 0.15) is 0 Å². The van der Waals surface area contributed by atoms with Crippen molar-refractivity contribution < 1.29 is 17.7 Å². The number of rotatable bonds is 5. The van der Waals surface area contributed by atoms with Crippen LogP contribution in [0.2, 0.25) is 0 Å². The zero-order valence-electron chi connectivity index (χ0n) is 13.4. The van der Waals surface area contributed by atoms with Crippen LogP contribution < -0.4 is 5.32 Å². The first kappa shape index (κ1) is 16.6. The minimum Gasteiger partial charge on any atom is -0.350 e. The number of amides is 1. The number of sulfone groups is 1. The van der Waals surface area contributed by atoms with Crippen LogP contribution in [-0.4, -0.2) is 41.5 Å². The summed E-state index contributed by atoms with van der Waals surface area (Å²) in [5.74, 6) is 0.764. The molecule has 0 aliphatic carbocycles. The van der Waals surface area contributed by atoms with Gasteiger partial charge in [-0.05, 0) is 13.3 Å². The van der Waals surface area contributed by atoms with E-state index in [9.17, 15) is 13.2 Å². The third kappa shape index (κ3) is 4.00. The highest BCUT2D eigenvalue weighted by atomic mass is 32.2. The molecule has 7 nitrogen and oxygen atoms in total. The van der Waals surface area contributed by atoms with E-state index >= 15 is 0 Å². The summed E-state index contributed by atoms with van der Waals surface area (Å²) < 4.78 is 28.3. The molecule has 1 saturated heterocycles. The average molecular weight is 349 g/mol. The van der Waals surface area contributed by atoms with Crippen molar-refractivity contribution in [1.82, 2.24) is 15.5 Å². The third-order valence-corrected chi connectivity index (χ3v) is 5.91. The summed E-state index contributed by atoms with van der Waals surface area (Å²) in [6, 6.07) is 9.42. The maximum absolute atomic E-state index is 12.1. The molecular formula is C16H19N3O4S. The summed E-state index contributed by atoms with van der Waals surface area (Å²) in [6.45, 7) is 1.76. The maximum atomic E-state index is 12.1. The Morgan fingerprint density at radius 2 is 2.08 bits per heavy atom. The van der Waals surface area contributed by atoms with Gasteiger partial charge in [0.25, 0.3) is 0 Å². The molecular weight excluding hydrogens is 330 g/mol. The number of aryl methyl sites for hydroxylation is 1. The van der Waals surface area contributed by atoms with Gasteiger partial charge in [-0.1, -0.05) is 35.5 Å². The molecule has 0 spiro atoms. The van der Waals surface area contributed by atoms with Crippen LogP contribution in [0.25, 0.3) is 11.4 Å². The van der Waals surface area contributed by atoms with E-state index in [4.69, 9.17) is 4.52 Å². The van der Waals surface area contributed by atoms with Gasteiger partial charge in [-0.2, -0.15) is 4.98 Å². The Morgan fingerprint density at radius 1 is 1.33 bits per heavy atom.